The summed E-state index contributed by atoms with van der Waals surface area (Å²) in [6.07, 6.45) is 6.35. The maximum absolute atomic E-state index is 12.5. The molecule has 2 bridgehead atoms. The summed E-state index contributed by atoms with van der Waals surface area (Å²) >= 11 is 0. The van der Waals surface area contributed by atoms with Crippen molar-refractivity contribution in [2.24, 2.45) is 5.92 Å². The second-order valence-corrected chi connectivity index (χ2v) is 7.37. The Balaban J connectivity index is 1.45. The second-order valence-electron chi connectivity index (χ2n) is 7.37. The normalized spacial score (nSPS) is 27.1. The van der Waals surface area contributed by atoms with Crippen molar-refractivity contribution in [3.63, 3.8) is 0 Å². The van der Waals surface area contributed by atoms with E-state index in [2.05, 4.69) is 21.3 Å². The molecule has 0 spiro atoms. The minimum absolute atomic E-state index is 0.0665. The average molecular weight is 351 g/mol. The second kappa shape index (κ2) is 7.46. The van der Waals surface area contributed by atoms with Gasteiger partial charge < -0.3 is 4.74 Å². The highest BCUT2D eigenvalue weighted by Gasteiger charge is 2.44. The van der Waals surface area contributed by atoms with Crippen LogP contribution >= 0.6 is 0 Å². The summed E-state index contributed by atoms with van der Waals surface area (Å²) in [4.78, 5) is 19.2. The van der Waals surface area contributed by atoms with Crippen LogP contribution in [-0.2, 0) is 11.2 Å². The molecule has 2 aromatic rings. The Hall–Kier alpha value is -2.40. The van der Waals surface area contributed by atoms with Crippen LogP contribution in [0.2, 0.25) is 0 Å². The number of benzene rings is 1. The average Bonchev–Trinajstić information content (AvgIpc) is 2.67. The molecule has 0 aliphatic carbocycles. The number of aryl methyl sites for hydroxylation is 1. The van der Waals surface area contributed by atoms with Gasteiger partial charge in [-0.05, 0) is 63.0 Å². The number of piperidine rings is 3. The summed E-state index contributed by atoms with van der Waals surface area (Å²) in [5.74, 6) is 0.449. The van der Waals surface area contributed by atoms with E-state index in [1.54, 1.807) is 6.20 Å². The van der Waals surface area contributed by atoms with Crippen LogP contribution in [0.1, 0.15) is 24.0 Å². The Morgan fingerprint density at radius 3 is 2.69 bits per heavy atom. The van der Waals surface area contributed by atoms with Crippen LogP contribution in [0.3, 0.4) is 0 Å². The predicted octanol–water partition coefficient (Wildman–Crippen LogP) is 3.64. The molecule has 0 radical (unpaired) electrons. The summed E-state index contributed by atoms with van der Waals surface area (Å²) in [5.41, 5.74) is 3.13. The van der Waals surface area contributed by atoms with Gasteiger partial charge in [0.15, 0.2) is 0 Å². The highest BCUT2D eigenvalue weighted by atomic mass is 16.6. The topological polar surface area (TPSA) is 54.5 Å². The van der Waals surface area contributed by atoms with Crippen molar-refractivity contribution in [1.29, 1.82) is 0 Å². The van der Waals surface area contributed by atoms with Crippen LogP contribution in [0, 0.1) is 12.8 Å². The van der Waals surface area contributed by atoms with Gasteiger partial charge in [-0.2, -0.15) is 0 Å². The molecular formula is C21H25N3O2. The quantitative estimate of drug-likeness (QED) is 0.914. The smallest absolute Gasteiger partial charge is 0.411 e. The van der Waals surface area contributed by atoms with Crippen molar-refractivity contribution in [1.82, 2.24) is 9.88 Å². The number of carbonyl (C=O) groups is 1. The first-order chi connectivity index (χ1) is 12.7. The summed E-state index contributed by atoms with van der Waals surface area (Å²) in [7, 11) is 0. The number of fused-ring (bicyclic) bond motifs is 3. The van der Waals surface area contributed by atoms with Crippen LogP contribution < -0.4 is 5.32 Å². The zero-order chi connectivity index (χ0) is 17.9. The van der Waals surface area contributed by atoms with Crippen LogP contribution in [0.5, 0.6) is 0 Å². The van der Waals surface area contributed by atoms with Gasteiger partial charge in [0, 0.05) is 24.0 Å². The van der Waals surface area contributed by atoms with Crippen LogP contribution in [0.25, 0.3) is 0 Å². The molecule has 0 saturated carbocycles. The molecule has 3 aliphatic heterocycles. The van der Waals surface area contributed by atoms with E-state index in [0.717, 1.165) is 43.6 Å². The van der Waals surface area contributed by atoms with Crippen molar-refractivity contribution >= 4 is 11.8 Å². The zero-order valence-electron chi connectivity index (χ0n) is 15.1. The number of aromatic nitrogens is 1. The number of carbonyl (C=O) groups excluding carboxylic acids is 1. The number of pyridine rings is 1. The van der Waals surface area contributed by atoms with Crippen molar-refractivity contribution in [2.45, 2.75) is 38.3 Å². The van der Waals surface area contributed by atoms with Gasteiger partial charge in [0.25, 0.3) is 0 Å². The van der Waals surface area contributed by atoms with Gasteiger partial charge >= 0.3 is 6.09 Å². The fourth-order valence-corrected chi connectivity index (χ4v) is 4.19. The first-order valence-corrected chi connectivity index (χ1v) is 9.36. The van der Waals surface area contributed by atoms with Crippen molar-refractivity contribution in [3.05, 3.63) is 59.9 Å². The molecule has 5 rings (SSSR count). The summed E-state index contributed by atoms with van der Waals surface area (Å²) < 4.78 is 5.93. The Morgan fingerprint density at radius 1 is 1.23 bits per heavy atom. The molecule has 136 valence electrons. The standard InChI is InChI=1S/C21H25N3O2/c1-15-4-6-18(7-5-15)23-21(25)26-20-17-8-11-24(12-9-17)19(20)13-16-3-2-10-22-14-16/h2-7,10,14,17,19-20H,8-9,11-13H2,1H3,(H,23,25)/t19-,20+/m1/s1. The zero-order valence-corrected chi connectivity index (χ0v) is 15.1. The Kier molecular flexibility index (Phi) is 4.89. The summed E-state index contributed by atoms with van der Waals surface area (Å²) in [6, 6.07) is 12.1. The first kappa shape index (κ1) is 17.0. The molecule has 4 heterocycles. The molecule has 26 heavy (non-hydrogen) atoms. The lowest BCUT2D eigenvalue weighted by Crippen LogP contribution is -2.60. The molecule has 3 fully saturated rings. The number of hydrogen-bond donors (Lipinski definition) is 1. The van der Waals surface area contributed by atoms with E-state index < -0.39 is 0 Å². The number of nitrogens with one attached hydrogen (secondary N) is 1. The van der Waals surface area contributed by atoms with E-state index in [-0.39, 0.29) is 18.2 Å². The fourth-order valence-electron chi connectivity index (χ4n) is 4.19. The van der Waals surface area contributed by atoms with E-state index in [1.165, 1.54) is 5.56 Å². The number of ether oxygens (including phenoxy) is 1. The minimum atomic E-state index is -0.358. The molecule has 0 unspecified atom stereocenters. The van der Waals surface area contributed by atoms with Gasteiger partial charge in [-0.15, -0.1) is 0 Å². The molecule has 1 aromatic heterocycles. The van der Waals surface area contributed by atoms with Crippen molar-refractivity contribution in [3.8, 4) is 0 Å². The number of hydrogen-bond acceptors (Lipinski definition) is 4. The number of anilines is 1. The molecule has 2 atom stereocenters. The van der Waals surface area contributed by atoms with Gasteiger partial charge in [0.2, 0.25) is 0 Å². The third-order valence-corrected chi connectivity index (χ3v) is 5.60. The predicted molar refractivity (Wildman–Crippen MR) is 101 cm³/mol. The molecule has 1 N–H and O–H groups in total. The molecule has 1 aromatic carbocycles. The van der Waals surface area contributed by atoms with E-state index in [0.29, 0.717) is 5.92 Å². The summed E-state index contributed by atoms with van der Waals surface area (Å²) in [6.45, 7) is 4.21. The van der Waals surface area contributed by atoms with Gasteiger partial charge in [0.05, 0.1) is 6.04 Å². The van der Waals surface area contributed by atoms with Gasteiger partial charge in [0.1, 0.15) is 6.10 Å². The number of rotatable bonds is 4. The van der Waals surface area contributed by atoms with E-state index in [1.807, 2.05) is 43.5 Å². The van der Waals surface area contributed by atoms with Crippen molar-refractivity contribution in [2.75, 3.05) is 18.4 Å². The number of nitrogens with zero attached hydrogens (tertiary/aromatic N) is 2. The lowest BCUT2D eigenvalue weighted by molar-refractivity contribution is -0.0741. The third kappa shape index (κ3) is 3.73. The Morgan fingerprint density at radius 2 is 2.00 bits per heavy atom. The third-order valence-electron chi connectivity index (χ3n) is 5.60. The fraction of sp³-hybridized carbons (Fsp3) is 0.429. The number of amides is 1. The Labute approximate surface area is 154 Å². The molecular weight excluding hydrogens is 326 g/mol. The molecule has 5 heteroatoms. The lowest BCUT2D eigenvalue weighted by atomic mass is 9.78. The van der Waals surface area contributed by atoms with Gasteiger partial charge in [-0.25, -0.2) is 4.79 Å². The van der Waals surface area contributed by atoms with Crippen LogP contribution in [-0.4, -0.2) is 41.2 Å². The van der Waals surface area contributed by atoms with Crippen LogP contribution in [0.4, 0.5) is 10.5 Å². The van der Waals surface area contributed by atoms with Crippen molar-refractivity contribution < 1.29 is 9.53 Å². The molecule has 3 aliphatic rings. The van der Waals surface area contributed by atoms with Gasteiger partial charge in [-0.3, -0.25) is 15.2 Å². The molecule has 1 amide bonds. The largest absolute Gasteiger partial charge is 0.444 e. The van der Waals surface area contributed by atoms with Gasteiger partial charge in [-0.1, -0.05) is 23.8 Å². The molecule has 5 nitrogen and oxygen atoms in total. The maximum atomic E-state index is 12.5. The minimum Gasteiger partial charge on any atom is -0.444 e. The van der Waals surface area contributed by atoms with E-state index >= 15 is 0 Å². The Bertz CT molecular complexity index is 740. The summed E-state index contributed by atoms with van der Waals surface area (Å²) in [5, 5.41) is 2.87. The lowest BCUT2D eigenvalue weighted by Gasteiger charge is -2.50. The highest BCUT2D eigenvalue weighted by molar-refractivity contribution is 5.84. The van der Waals surface area contributed by atoms with E-state index in [9.17, 15) is 4.79 Å². The monoisotopic (exact) mass is 351 g/mol. The molecule has 3 saturated heterocycles. The van der Waals surface area contributed by atoms with Crippen LogP contribution in [0.15, 0.2) is 48.8 Å². The SMILES string of the molecule is Cc1ccc(NC(=O)O[C@H]2C3CCN(CC3)[C@@H]2Cc2cccnc2)cc1. The van der Waals surface area contributed by atoms with E-state index in [4.69, 9.17) is 4.74 Å². The highest BCUT2D eigenvalue weighted by Crippen LogP contribution is 2.36. The maximum Gasteiger partial charge on any atom is 0.411 e. The first-order valence-electron chi connectivity index (χ1n) is 9.36.